The molecule has 1 amide bonds. The van der Waals surface area contributed by atoms with E-state index in [2.05, 4.69) is 36.8 Å². The first-order chi connectivity index (χ1) is 19.5. The van der Waals surface area contributed by atoms with Crippen molar-refractivity contribution in [1.82, 2.24) is 30.0 Å². The standard InChI is InChI=1S/C28H28N8O4/c1-18(7-8-36-17-30-16-33-36)40-25-9-19(3-4-21(25)11-29)22-12-31-28(32-13-22)35-24-6-5-20(10-26(24)38-2)27(37)34-23-14-39-15-23/h3-6,9-10,12-13,16-18,23H,7-8,14-15H2,1-2H3,(H,34,37)(H,31,32,35). The predicted octanol–water partition coefficient (Wildman–Crippen LogP) is 3.35. The molecule has 12 heteroatoms. The van der Waals surface area contributed by atoms with E-state index in [1.165, 1.54) is 13.4 Å². The van der Waals surface area contributed by atoms with Crippen LogP contribution in [-0.2, 0) is 11.3 Å². The Morgan fingerprint density at radius 2 is 2.00 bits per heavy atom. The van der Waals surface area contributed by atoms with Crippen LogP contribution in [0, 0.1) is 11.3 Å². The second-order valence-electron chi connectivity index (χ2n) is 9.24. The van der Waals surface area contributed by atoms with E-state index >= 15 is 0 Å². The van der Waals surface area contributed by atoms with Crippen LogP contribution in [0.5, 0.6) is 11.5 Å². The molecule has 1 aliphatic heterocycles. The Labute approximate surface area is 231 Å². The number of nitriles is 1. The molecule has 0 bridgehead atoms. The maximum atomic E-state index is 12.5. The van der Waals surface area contributed by atoms with Crippen molar-refractivity contribution in [3.63, 3.8) is 0 Å². The van der Waals surface area contributed by atoms with Gasteiger partial charge in [-0.05, 0) is 42.8 Å². The number of hydrogen-bond donors (Lipinski definition) is 2. The normalized spacial score (nSPS) is 13.5. The average Bonchev–Trinajstić information content (AvgIpc) is 3.48. The zero-order chi connectivity index (χ0) is 27.9. The summed E-state index contributed by atoms with van der Waals surface area (Å²) in [6.07, 6.45) is 7.07. The highest BCUT2D eigenvalue weighted by molar-refractivity contribution is 5.95. The third-order valence-electron chi connectivity index (χ3n) is 6.33. The number of nitrogens with one attached hydrogen (secondary N) is 2. The molecular weight excluding hydrogens is 512 g/mol. The van der Waals surface area contributed by atoms with E-state index in [0.29, 0.717) is 60.4 Å². The first kappa shape index (κ1) is 26.6. The lowest BCUT2D eigenvalue weighted by Gasteiger charge is -2.26. The van der Waals surface area contributed by atoms with E-state index in [-0.39, 0.29) is 18.1 Å². The van der Waals surface area contributed by atoms with E-state index < -0.39 is 0 Å². The molecule has 3 heterocycles. The number of aromatic nitrogens is 5. The summed E-state index contributed by atoms with van der Waals surface area (Å²) in [4.78, 5) is 25.3. The molecule has 0 radical (unpaired) electrons. The molecule has 4 aromatic rings. The number of hydrogen-bond acceptors (Lipinski definition) is 10. The van der Waals surface area contributed by atoms with Gasteiger partial charge in [-0.2, -0.15) is 10.4 Å². The van der Waals surface area contributed by atoms with Gasteiger partial charge in [0.25, 0.3) is 5.91 Å². The van der Waals surface area contributed by atoms with E-state index in [0.717, 1.165) is 11.1 Å². The molecule has 1 aliphatic rings. The lowest BCUT2D eigenvalue weighted by molar-refractivity contribution is -0.00346. The number of rotatable bonds is 11. The number of anilines is 2. The number of carbonyl (C=O) groups is 1. The topological polar surface area (TPSA) is 149 Å². The van der Waals surface area contributed by atoms with Crippen molar-refractivity contribution >= 4 is 17.5 Å². The van der Waals surface area contributed by atoms with Gasteiger partial charge >= 0.3 is 0 Å². The number of nitrogens with zero attached hydrogens (tertiary/aromatic N) is 6. The van der Waals surface area contributed by atoms with Gasteiger partial charge in [-0.25, -0.2) is 15.0 Å². The van der Waals surface area contributed by atoms with Gasteiger partial charge in [-0.15, -0.1) is 0 Å². The minimum absolute atomic E-state index is 0.0378. The van der Waals surface area contributed by atoms with E-state index in [1.807, 2.05) is 19.1 Å². The Kier molecular flexibility index (Phi) is 8.13. The molecule has 2 aromatic carbocycles. The first-order valence-corrected chi connectivity index (χ1v) is 12.7. The van der Waals surface area contributed by atoms with Crippen LogP contribution in [0.3, 0.4) is 0 Å². The molecule has 0 aliphatic carbocycles. The fraction of sp³-hybridized carbons (Fsp3) is 0.286. The zero-order valence-electron chi connectivity index (χ0n) is 22.1. The molecular formula is C28H28N8O4. The second kappa shape index (κ2) is 12.2. The van der Waals surface area contributed by atoms with Gasteiger partial charge in [0.1, 0.15) is 30.2 Å². The largest absolute Gasteiger partial charge is 0.495 e. The van der Waals surface area contributed by atoms with Gasteiger partial charge in [0.05, 0.1) is 43.7 Å². The summed E-state index contributed by atoms with van der Waals surface area (Å²) in [6, 6.07) is 12.7. The summed E-state index contributed by atoms with van der Waals surface area (Å²) in [5.74, 6) is 1.15. The van der Waals surface area contributed by atoms with Crippen molar-refractivity contribution in [2.45, 2.75) is 32.0 Å². The summed E-state index contributed by atoms with van der Waals surface area (Å²) in [5.41, 5.74) is 3.12. The van der Waals surface area contributed by atoms with Crippen LogP contribution in [0.1, 0.15) is 29.3 Å². The van der Waals surface area contributed by atoms with E-state index in [4.69, 9.17) is 14.2 Å². The van der Waals surface area contributed by atoms with Crippen LogP contribution >= 0.6 is 0 Å². The summed E-state index contributed by atoms with van der Waals surface area (Å²) >= 11 is 0. The summed E-state index contributed by atoms with van der Waals surface area (Å²) < 4.78 is 18.4. The number of methoxy groups -OCH3 is 1. The highest BCUT2D eigenvalue weighted by atomic mass is 16.5. The minimum atomic E-state index is -0.186. The summed E-state index contributed by atoms with van der Waals surface area (Å²) in [5, 5.41) is 19.7. The molecule has 1 fully saturated rings. The SMILES string of the molecule is COc1cc(C(=O)NC2COC2)ccc1Nc1ncc(-c2ccc(C#N)c(OC(C)CCn3cncn3)c2)cn1. The third-order valence-corrected chi connectivity index (χ3v) is 6.33. The maximum Gasteiger partial charge on any atom is 0.251 e. The highest BCUT2D eigenvalue weighted by Gasteiger charge is 2.21. The van der Waals surface area contributed by atoms with Crippen LogP contribution in [0.2, 0.25) is 0 Å². The molecule has 0 saturated carbocycles. The van der Waals surface area contributed by atoms with E-state index in [1.54, 1.807) is 47.7 Å². The fourth-order valence-corrected chi connectivity index (χ4v) is 4.02. The van der Waals surface area contributed by atoms with Gasteiger partial charge in [-0.1, -0.05) is 6.07 Å². The van der Waals surface area contributed by atoms with Crippen LogP contribution in [-0.4, -0.2) is 63.1 Å². The smallest absolute Gasteiger partial charge is 0.251 e. The predicted molar refractivity (Wildman–Crippen MR) is 145 cm³/mol. The Morgan fingerprint density at radius 3 is 2.67 bits per heavy atom. The molecule has 204 valence electrons. The molecule has 5 rings (SSSR count). The summed E-state index contributed by atoms with van der Waals surface area (Å²) in [6.45, 7) is 3.65. The zero-order valence-corrected chi connectivity index (χ0v) is 22.1. The van der Waals surface area contributed by atoms with Crippen molar-refractivity contribution in [2.75, 3.05) is 25.6 Å². The monoisotopic (exact) mass is 540 g/mol. The molecule has 12 nitrogen and oxygen atoms in total. The molecule has 1 unspecified atom stereocenters. The van der Waals surface area contributed by atoms with Crippen LogP contribution in [0.15, 0.2) is 61.4 Å². The Bertz CT molecular complexity index is 1500. The molecule has 1 saturated heterocycles. The van der Waals surface area contributed by atoms with Gasteiger partial charge in [0.15, 0.2) is 0 Å². The third kappa shape index (κ3) is 6.33. The van der Waals surface area contributed by atoms with Gasteiger partial charge < -0.3 is 24.8 Å². The average molecular weight is 541 g/mol. The van der Waals surface area contributed by atoms with Crippen molar-refractivity contribution < 1.29 is 19.0 Å². The number of carbonyl (C=O) groups excluding carboxylic acids is 1. The van der Waals surface area contributed by atoms with Crippen molar-refractivity contribution in [1.29, 1.82) is 5.26 Å². The number of benzene rings is 2. The van der Waals surface area contributed by atoms with Gasteiger partial charge in [-0.3, -0.25) is 9.48 Å². The van der Waals surface area contributed by atoms with Crippen LogP contribution in [0.4, 0.5) is 11.6 Å². The molecule has 2 aromatic heterocycles. The molecule has 0 spiro atoms. The Balaban J connectivity index is 1.25. The van der Waals surface area contributed by atoms with Crippen molar-refractivity contribution in [2.24, 2.45) is 0 Å². The number of ether oxygens (including phenoxy) is 3. The highest BCUT2D eigenvalue weighted by Crippen LogP contribution is 2.30. The first-order valence-electron chi connectivity index (χ1n) is 12.7. The number of aryl methyl sites for hydroxylation is 1. The van der Waals surface area contributed by atoms with Crippen LogP contribution in [0.25, 0.3) is 11.1 Å². The van der Waals surface area contributed by atoms with Gasteiger partial charge in [0, 0.05) is 36.5 Å². The van der Waals surface area contributed by atoms with Crippen LogP contribution < -0.4 is 20.1 Å². The Hall–Kier alpha value is -5.02. The van der Waals surface area contributed by atoms with Crippen molar-refractivity contribution in [3.05, 3.63) is 72.6 Å². The van der Waals surface area contributed by atoms with Gasteiger partial charge in [0.2, 0.25) is 5.95 Å². The maximum absolute atomic E-state index is 12.5. The summed E-state index contributed by atoms with van der Waals surface area (Å²) in [7, 11) is 1.53. The lowest BCUT2D eigenvalue weighted by Crippen LogP contribution is -2.48. The molecule has 1 atom stereocenters. The van der Waals surface area contributed by atoms with E-state index in [9.17, 15) is 10.1 Å². The second-order valence-corrected chi connectivity index (χ2v) is 9.24. The quantitative estimate of drug-likeness (QED) is 0.290. The number of amides is 1. The molecule has 40 heavy (non-hydrogen) atoms. The minimum Gasteiger partial charge on any atom is -0.495 e. The van der Waals surface area contributed by atoms with Crippen molar-refractivity contribution in [3.8, 4) is 28.7 Å². The lowest BCUT2D eigenvalue weighted by atomic mass is 10.1. The Morgan fingerprint density at radius 1 is 1.18 bits per heavy atom. The fourth-order valence-electron chi connectivity index (χ4n) is 4.02. The molecule has 2 N–H and O–H groups in total.